The van der Waals surface area contributed by atoms with Crippen molar-refractivity contribution in [1.29, 1.82) is 0 Å². The van der Waals surface area contributed by atoms with Crippen molar-refractivity contribution in [3.63, 3.8) is 0 Å². The summed E-state index contributed by atoms with van der Waals surface area (Å²) in [5, 5.41) is 3.57. The van der Waals surface area contributed by atoms with E-state index in [4.69, 9.17) is 23.2 Å². The third-order valence-electron chi connectivity index (χ3n) is 3.01. The third-order valence-corrected chi connectivity index (χ3v) is 5.71. The van der Waals surface area contributed by atoms with E-state index in [9.17, 15) is 8.42 Å². The maximum absolute atomic E-state index is 12.8. The molecule has 1 rings (SSSR count). The van der Waals surface area contributed by atoms with Gasteiger partial charge in [0.2, 0.25) is 10.0 Å². The lowest BCUT2D eigenvalue weighted by Crippen LogP contribution is -2.33. The van der Waals surface area contributed by atoms with Gasteiger partial charge in [-0.2, -0.15) is 4.31 Å². The number of hydrogen-bond donors (Lipinski definition) is 1. The van der Waals surface area contributed by atoms with Crippen LogP contribution in [0.15, 0.2) is 17.0 Å². The molecule has 4 nitrogen and oxygen atoms in total. The topological polar surface area (TPSA) is 49.4 Å². The number of nitrogens with one attached hydrogen (secondary N) is 1. The zero-order chi connectivity index (χ0) is 16.0. The number of hydrogen-bond acceptors (Lipinski definition) is 3. The number of halogens is 2. The lowest BCUT2D eigenvalue weighted by atomic mass is 10.2. The highest BCUT2D eigenvalue weighted by Gasteiger charge is 2.27. The molecule has 0 radical (unpaired) electrons. The van der Waals surface area contributed by atoms with Crippen LogP contribution in [0, 0.1) is 0 Å². The van der Waals surface area contributed by atoms with Crippen molar-refractivity contribution in [1.82, 2.24) is 9.62 Å². The van der Waals surface area contributed by atoms with Gasteiger partial charge in [-0.3, -0.25) is 0 Å². The van der Waals surface area contributed by atoms with Crippen LogP contribution >= 0.6 is 23.2 Å². The lowest BCUT2D eigenvalue weighted by molar-refractivity contribution is 0.410. The van der Waals surface area contributed by atoms with Gasteiger partial charge >= 0.3 is 0 Å². The van der Waals surface area contributed by atoms with Gasteiger partial charge < -0.3 is 5.32 Å². The number of benzene rings is 1. The van der Waals surface area contributed by atoms with Crippen molar-refractivity contribution in [3.8, 4) is 0 Å². The Hall–Kier alpha value is -0.330. The average molecular weight is 353 g/mol. The highest BCUT2D eigenvalue weighted by atomic mass is 35.5. The van der Waals surface area contributed by atoms with Gasteiger partial charge in [0.05, 0.1) is 5.02 Å². The second-order valence-corrected chi connectivity index (χ2v) is 7.53. The summed E-state index contributed by atoms with van der Waals surface area (Å²) in [4.78, 5) is 0.0869. The molecule has 1 aromatic carbocycles. The predicted octanol–water partition coefficient (Wildman–Crippen LogP) is 3.52. The zero-order valence-corrected chi connectivity index (χ0v) is 14.9. The molecule has 0 unspecified atom stereocenters. The first kappa shape index (κ1) is 18.7. The maximum Gasteiger partial charge on any atom is 0.244 e. The number of rotatable bonds is 8. The lowest BCUT2D eigenvalue weighted by Gasteiger charge is -2.22. The maximum atomic E-state index is 12.8. The van der Waals surface area contributed by atoms with Gasteiger partial charge in [-0.05, 0) is 37.6 Å². The molecule has 0 aliphatic heterocycles. The van der Waals surface area contributed by atoms with Gasteiger partial charge in [-0.15, -0.1) is 0 Å². The molecule has 0 amide bonds. The first-order valence-corrected chi connectivity index (χ1v) is 9.20. The van der Waals surface area contributed by atoms with E-state index in [1.165, 1.54) is 10.4 Å². The highest BCUT2D eigenvalue weighted by Crippen LogP contribution is 2.31. The minimum absolute atomic E-state index is 0.0869. The van der Waals surface area contributed by atoms with Crippen molar-refractivity contribution in [2.24, 2.45) is 0 Å². The first-order chi connectivity index (χ1) is 9.88. The van der Waals surface area contributed by atoms with Crippen molar-refractivity contribution in [3.05, 3.63) is 27.7 Å². The fourth-order valence-electron chi connectivity index (χ4n) is 2.12. The summed E-state index contributed by atoms with van der Waals surface area (Å²) in [6, 6.07) is 3.11. The molecule has 0 aliphatic rings. The molecular weight excluding hydrogens is 331 g/mol. The molecule has 0 fully saturated rings. The Kier molecular flexibility index (Phi) is 7.44. The van der Waals surface area contributed by atoms with E-state index in [2.05, 4.69) is 5.32 Å². The summed E-state index contributed by atoms with van der Waals surface area (Å²) >= 11 is 12.3. The quantitative estimate of drug-likeness (QED) is 0.778. The highest BCUT2D eigenvalue weighted by molar-refractivity contribution is 7.89. The van der Waals surface area contributed by atoms with Crippen molar-refractivity contribution in [2.45, 2.75) is 38.1 Å². The Morgan fingerprint density at radius 1 is 1.14 bits per heavy atom. The molecule has 0 saturated carbocycles. The average Bonchev–Trinajstić information content (AvgIpc) is 2.42. The Balaban J connectivity index is 3.35. The molecule has 0 bridgehead atoms. The van der Waals surface area contributed by atoms with Crippen LogP contribution in [0.4, 0.5) is 0 Å². The molecule has 21 heavy (non-hydrogen) atoms. The molecule has 120 valence electrons. The van der Waals surface area contributed by atoms with Crippen LogP contribution in [0.2, 0.25) is 10.0 Å². The van der Waals surface area contributed by atoms with E-state index < -0.39 is 10.0 Å². The summed E-state index contributed by atoms with van der Waals surface area (Å²) in [5.41, 5.74) is 0.679. The summed E-state index contributed by atoms with van der Waals surface area (Å²) in [6.07, 6.45) is 1.50. The van der Waals surface area contributed by atoms with Crippen LogP contribution in [-0.2, 0) is 16.6 Å². The molecule has 0 heterocycles. The Morgan fingerprint density at radius 3 is 2.19 bits per heavy atom. The van der Waals surface area contributed by atoms with Gasteiger partial charge in [-0.25, -0.2) is 8.42 Å². The molecule has 0 atom stereocenters. The van der Waals surface area contributed by atoms with Gasteiger partial charge in [0.15, 0.2) is 0 Å². The number of nitrogens with zero attached hydrogens (tertiary/aromatic N) is 1. The van der Waals surface area contributed by atoms with Gasteiger partial charge in [-0.1, -0.05) is 37.0 Å². The van der Waals surface area contributed by atoms with E-state index in [0.717, 1.165) is 12.8 Å². The van der Waals surface area contributed by atoms with E-state index in [1.807, 2.05) is 13.8 Å². The van der Waals surface area contributed by atoms with Crippen LogP contribution in [0.25, 0.3) is 0 Å². The predicted molar refractivity (Wildman–Crippen MR) is 88.6 cm³/mol. The van der Waals surface area contributed by atoms with Gasteiger partial charge in [0, 0.05) is 24.7 Å². The third kappa shape index (κ3) is 4.57. The standard InChI is InChI=1S/C14H22Cl2N2O2S/c1-4-6-18(7-5-2)21(19,20)13-9-12(15)8-11(10-17-3)14(13)16/h8-9,17H,4-7,10H2,1-3H3. The zero-order valence-electron chi connectivity index (χ0n) is 12.6. The van der Waals surface area contributed by atoms with E-state index in [1.54, 1.807) is 13.1 Å². The summed E-state index contributed by atoms with van der Waals surface area (Å²) in [6.45, 7) is 5.30. The van der Waals surface area contributed by atoms with Crippen LogP contribution in [0.5, 0.6) is 0 Å². The minimum atomic E-state index is -3.63. The van der Waals surface area contributed by atoms with Crippen LogP contribution in [0.3, 0.4) is 0 Å². The molecular formula is C14H22Cl2N2O2S. The van der Waals surface area contributed by atoms with Crippen LogP contribution in [-0.4, -0.2) is 32.9 Å². The fraction of sp³-hybridized carbons (Fsp3) is 0.571. The van der Waals surface area contributed by atoms with Crippen molar-refractivity contribution in [2.75, 3.05) is 20.1 Å². The van der Waals surface area contributed by atoms with Crippen LogP contribution in [0.1, 0.15) is 32.3 Å². The second kappa shape index (κ2) is 8.34. The molecule has 1 aromatic rings. The summed E-state index contributed by atoms with van der Waals surface area (Å²) < 4.78 is 27.1. The van der Waals surface area contributed by atoms with Gasteiger partial charge in [0.1, 0.15) is 4.90 Å². The largest absolute Gasteiger partial charge is 0.316 e. The van der Waals surface area contributed by atoms with Crippen molar-refractivity contribution >= 4 is 33.2 Å². The Bertz CT molecular complexity index is 571. The summed E-state index contributed by atoms with van der Waals surface area (Å²) in [5.74, 6) is 0. The Morgan fingerprint density at radius 2 is 1.71 bits per heavy atom. The smallest absolute Gasteiger partial charge is 0.244 e. The molecule has 1 N–H and O–H groups in total. The normalized spacial score (nSPS) is 12.1. The minimum Gasteiger partial charge on any atom is -0.316 e. The molecule has 0 aliphatic carbocycles. The molecule has 0 spiro atoms. The number of sulfonamides is 1. The first-order valence-electron chi connectivity index (χ1n) is 7.01. The fourth-order valence-corrected chi connectivity index (χ4v) is 4.65. The Labute approximate surface area is 137 Å². The second-order valence-electron chi connectivity index (χ2n) is 4.81. The molecule has 0 saturated heterocycles. The summed E-state index contributed by atoms with van der Waals surface area (Å²) in [7, 11) is -1.86. The van der Waals surface area contributed by atoms with E-state index >= 15 is 0 Å². The SMILES string of the molecule is CCCN(CCC)S(=O)(=O)c1cc(Cl)cc(CNC)c1Cl. The molecule has 0 aromatic heterocycles. The van der Waals surface area contributed by atoms with Gasteiger partial charge in [0.25, 0.3) is 0 Å². The van der Waals surface area contributed by atoms with Crippen LogP contribution < -0.4 is 5.32 Å². The van der Waals surface area contributed by atoms with Crippen molar-refractivity contribution < 1.29 is 8.42 Å². The monoisotopic (exact) mass is 352 g/mol. The van der Waals surface area contributed by atoms with E-state index in [-0.39, 0.29) is 9.92 Å². The molecule has 7 heteroatoms. The van der Waals surface area contributed by atoms with E-state index in [0.29, 0.717) is 30.2 Å².